The Balaban J connectivity index is 1.81. The van der Waals surface area contributed by atoms with E-state index in [1.807, 2.05) is 24.0 Å². The molecule has 4 heteroatoms. The van der Waals surface area contributed by atoms with Crippen LogP contribution in [0.25, 0.3) is 0 Å². The zero-order valence-electron chi connectivity index (χ0n) is 15.2. The maximum Gasteiger partial charge on any atom is 0.253 e. The molecule has 1 amide bonds. The smallest absolute Gasteiger partial charge is 0.253 e. The van der Waals surface area contributed by atoms with E-state index in [0.29, 0.717) is 29.3 Å². The summed E-state index contributed by atoms with van der Waals surface area (Å²) in [6.07, 6.45) is 3.48. The van der Waals surface area contributed by atoms with E-state index in [1.54, 1.807) is 13.0 Å². The molecule has 0 radical (unpaired) electrons. The van der Waals surface area contributed by atoms with Crippen molar-refractivity contribution < 1.29 is 9.59 Å². The van der Waals surface area contributed by atoms with E-state index in [-0.39, 0.29) is 11.7 Å². The molecule has 2 heterocycles. The molecule has 1 aromatic rings. The summed E-state index contributed by atoms with van der Waals surface area (Å²) < 4.78 is 0. The van der Waals surface area contributed by atoms with Crippen LogP contribution in [0.2, 0.25) is 0 Å². The quantitative estimate of drug-likeness (QED) is 0.800. The van der Waals surface area contributed by atoms with Gasteiger partial charge < -0.3 is 4.90 Å². The third kappa shape index (κ3) is 3.12. The highest BCUT2D eigenvalue weighted by Gasteiger charge is 2.39. The number of hydrogen-bond acceptors (Lipinski definition) is 3. The van der Waals surface area contributed by atoms with Crippen molar-refractivity contribution in [2.45, 2.75) is 65.1 Å². The van der Waals surface area contributed by atoms with Gasteiger partial charge in [0.25, 0.3) is 5.91 Å². The monoisotopic (exact) mass is 328 g/mol. The molecule has 0 N–H and O–H groups in total. The van der Waals surface area contributed by atoms with E-state index in [2.05, 4.69) is 18.7 Å². The highest BCUT2D eigenvalue weighted by molar-refractivity contribution is 6.00. The van der Waals surface area contributed by atoms with E-state index in [1.165, 1.54) is 12.8 Å². The van der Waals surface area contributed by atoms with Gasteiger partial charge in [0.1, 0.15) is 0 Å². The Kier molecular flexibility index (Phi) is 4.77. The second-order valence-corrected chi connectivity index (χ2v) is 7.55. The van der Waals surface area contributed by atoms with E-state index < -0.39 is 0 Å². The minimum absolute atomic E-state index is 0.0167. The Morgan fingerprint density at radius 3 is 2.50 bits per heavy atom. The number of aryl methyl sites for hydroxylation is 1. The summed E-state index contributed by atoms with van der Waals surface area (Å²) in [7, 11) is 0. The first-order chi connectivity index (χ1) is 11.4. The van der Waals surface area contributed by atoms with Gasteiger partial charge in [0, 0.05) is 42.3 Å². The average Bonchev–Trinajstić information content (AvgIpc) is 2.81. The number of nitrogens with zero attached hydrogens (tertiary/aromatic N) is 2. The number of carbonyl (C=O) groups excluding carboxylic acids is 2. The van der Waals surface area contributed by atoms with Crippen molar-refractivity contribution in [3.63, 3.8) is 0 Å². The van der Waals surface area contributed by atoms with Gasteiger partial charge in [-0.3, -0.25) is 14.5 Å². The Hall–Kier alpha value is -1.68. The standard InChI is InChI=1S/C20H28N2O2/c1-13(2)22-17-7-8-18(22)12-21(10-9-17)20(24)16-6-5-14(3)19(11-16)15(4)23/h5-6,11,13,17-18H,7-10,12H2,1-4H3/t17-,18+/m1/s1. The van der Waals surface area contributed by atoms with Crippen LogP contribution in [0.5, 0.6) is 0 Å². The summed E-state index contributed by atoms with van der Waals surface area (Å²) in [5, 5.41) is 0. The van der Waals surface area contributed by atoms with Crippen molar-refractivity contribution in [1.29, 1.82) is 0 Å². The van der Waals surface area contributed by atoms with Gasteiger partial charge in [0.15, 0.2) is 5.78 Å². The minimum atomic E-state index is 0.0167. The average molecular weight is 328 g/mol. The van der Waals surface area contributed by atoms with Crippen LogP contribution >= 0.6 is 0 Å². The lowest BCUT2D eigenvalue weighted by Crippen LogP contribution is -2.44. The number of carbonyl (C=O) groups is 2. The molecule has 3 rings (SSSR count). The number of fused-ring (bicyclic) bond motifs is 2. The Morgan fingerprint density at radius 1 is 1.12 bits per heavy atom. The number of amides is 1. The van der Waals surface area contributed by atoms with Gasteiger partial charge in [-0.05, 0) is 64.7 Å². The molecular formula is C20H28N2O2. The zero-order valence-corrected chi connectivity index (χ0v) is 15.2. The van der Waals surface area contributed by atoms with Crippen LogP contribution in [-0.2, 0) is 0 Å². The van der Waals surface area contributed by atoms with Crippen LogP contribution in [0.4, 0.5) is 0 Å². The van der Waals surface area contributed by atoms with Gasteiger partial charge in [-0.25, -0.2) is 0 Å². The second kappa shape index (κ2) is 6.67. The molecule has 0 aromatic heterocycles. The van der Waals surface area contributed by atoms with Crippen molar-refractivity contribution in [1.82, 2.24) is 9.80 Å². The van der Waals surface area contributed by atoms with E-state index in [9.17, 15) is 9.59 Å². The summed E-state index contributed by atoms with van der Waals surface area (Å²) in [6, 6.07) is 7.12. The van der Waals surface area contributed by atoms with Crippen molar-refractivity contribution >= 4 is 11.7 Å². The molecular weight excluding hydrogens is 300 g/mol. The van der Waals surface area contributed by atoms with Crippen molar-refractivity contribution in [3.05, 3.63) is 34.9 Å². The van der Waals surface area contributed by atoms with Gasteiger partial charge in [-0.1, -0.05) is 6.07 Å². The molecule has 2 saturated heterocycles. The van der Waals surface area contributed by atoms with Crippen LogP contribution in [0.3, 0.4) is 0 Å². The lowest BCUT2D eigenvalue weighted by Gasteiger charge is -2.32. The Labute approximate surface area is 144 Å². The molecule has 2 atom stereocenters. The van der Waals surface area contributed by atoms with Crippen molar-refractivity contribution in [2.75, 3.05) is 13.1 Å². The third-order valence-corrected chi connectivity index (χ3v) is 5.59. The maximum atomic E-state index is 13.0. The topological polar surface area (TPSA) is 40.6 Å². The molecule has 0 aliphatic carbocycles. The van der Waals surface area contributed by atoms with Gasteiger partial charge in [0.05, 0.1) is 0 Å². The summed E-state index contributed by atoms with van der Waals surface area (Å²) >= 11 is 0. The van der Waals surface area contributed by atoms with Gasteiger partial charge in [-0.15, -0.1) is 0 Å². The predicted octanol–water partition coefficient (Wildman–Crippen LogP) is 3.28. The highest BCUT2D eigenvalue weighted by atomic mass is 16.2. The molecule has 0 spiro atoms. The van der Waals surface area contributed by atoms with Gasteiger partial charge in [0.2, 0.25) is 0 Å². The van der Waals surface area contributed by atoms with E-state index >= 15 is 0 Å². The number of rotatable bonds is 3. The summed E-state index contributed by atoms with van der Waals surface area (Å²) in [6.45, 7) is 9.59. The molecule has 4 nitrogen and oxygen atoms in total. The Morgan fingerprint density at radius 2 is 1.83 bits per heavy atom. The van der Waals surface area contributed by atoms with Crippen molar-refractivity contribution in [2.24, 2.45) is 0 Å². The summed E-state index contributed by atoms with van der Waals surface area (Å²) in [5.74, 6) is 0.0804. The fraction of sp³-hybridized carbons (Fsp3) is 0.600. The summed E-state index contributed by atoms with van der Waals surface area (Å²) in [4.78, 5) is 29.3. The van der Waals surface area contributed by atoms with Gasteiger partial charge in [-0.2, -0.15) is 0 Å². The lowest BCUT2D eigenvalue weighted by atomic mass is 10.0. The molecule has 130 valence electrons. The minimum Gasteiger partial charge on any atom is -0.337 e. The molecule has 2 aliphatic heterocycles. The molecule has 1 aromatic carbocycles. The van der Waals surface area contributed by atoms with Crippen molar-refractivity contribution in [3.8, 4) is 0 Å². The lowest BCUT2D eigenvalue weighted by molar-refractivity contribution is 0.0728. The normalized spacial score (nSPS) is 24.3. The number of hydrogen-bond donors (Lipinski definition) is 0. The largest absolute Gasteiger partial charge is 0.337 e. The third-order valence-electron chi connectivity index (χ3n) is 5.59. The fourth-order valence-electron chi connectivity index (χ4n) is 4.46. The number of likely N-dealkylation sites (tertiary alicyclic amines) is 1. The van der Waals surface area contributed by atoms with Crippen LogP contribution in [0.1, 0.15) is 66.3 Å². The van der Waals surface area contributed by atoms with E-state index in [0.717, 1.165) is 25.1 Å². The summed E-state index contributed by atoms with van der Waals surface area (Å²) in [5.41, 5.74) is 2.22. The number of benzene rings is 1. The van der Waals surface area contributed by atoms with E-state index in [4.69, 9.17) is 0 Å². The molecule has 0 saturated carbocycles. The van der Waals surface area contributed by atoms with Gasteiger partial charge >= 0.3 is 0 Å². The second-order valence-electron chi connectivity index (χ2n) is 7.55. The first-order valence-electron chi connectivity index (χ1n) is 9.06. The molecule has 2 fully saturated rings. The zero-order chi connectivity index (χ0) is 17.4. The molecule has 0 unspecified atom stereocenters. The number of Topliss-reactive ketones (excluding diaryl/α,β-unsaturated/α-hetero) is 1. The SMILES string of the molecule is CC(=O)c1cc(C(=O)N2CC[C@H]3CC[C@@H](C2)N3C(C)C)ccc1C. The van der Waals surface area contributed by atoms with Crippen LogP contribution in [0.15, 0.2) is 18.2 Å². The maximum absolute atomic E-state index is 13.0. The molecule has 2 aliphatic rings. The predicted molar refractivity (Wildman–Crippen MR) is 95.5 cm³/mol. The van der Waals surface area contributed by atoms with Crippen LogP contribution in [0, 0.1) is 6.92 Å². The Bertz CT molecular complexity index is 653. The first-order valence-corrected chi connectivity index (χ1v) is 9.06. The molecule has 24 heavy (non-hydrogen) atoms. The van der Waals surface area contributed by atoms with Crippen LogP contribution < -0.4 is 0 Å². The first kappa shape index (κ1) is 17.2. The number of ketones is 1. The highest BCUT2D eigenvalue weighted by Crippen LogP contribution is 2.32. The fourth-order valence-corrected chi connectivity index (χ4v) is 4.46. The van der Waals surface area contributed by atoms with Crippen LogP contribution in [-0.4, -0.2) is 52.7 Å². The molecule has 2 bridgehead atoms.